The second-order valence-corrected chi connectivity index (χ2v) is 11.0. The summed E-state index contributed by atoms with van der Waals surface area (Å²) in [6, 6.07) is 16.7. The average Bonchev–Trinajstić information content (AvgIpc) is 3.30. The van der Waals surface area contributed by atoms with Crippen LogP contribution in [0.1, 0.15) is 59.3 Å². The van der Waals surface area contributed by atoms with Crippen LogP contribution in [-0.2, 0) is 21.3 Å². The SMILES string of the molecule is C[C@H]1CCC(c2ccccc2)S(=O)(=O)N1Cc1ccc(C(=O)N(C)CC2CCCO2)cc1. The van der Waals surface area contributed by atoms with Gasteiger partial charge in [0, 0.05) is 38.3 Å². The van der Waals surface area contributed by atoms with Gasteiger partial charge in [-0.25, -0.2) is 8.42 Å². The summed E-state index contributed by atoms with van der Waals surface area (Å²) < 4.78 is 34.1. The maximum absolute atomic E-state index is 13.4. The van der Waals surface area contributed by atoms with E-state index in [0.29, 0.717) is 25.1 Å². The van der Waals surface area contributed by atoms with Gasteiger partial charge in [0.05, 0.1) is 6.10 Å². The summed E-state index contributed by atoms with van der Waals surface area (Å²) in [4.78, 5) is 14.5. The molecule has 2 aliphatic rings. The number of nitrogens with zero attached hydrogens (tertiary/aromatic N) is 2. The summed E-state index contributed by atoms with van der Waals surface area (Å²) >= 11 is 0. The lowest BCUT2D eigenvalue weighted by molar-refractivity contribution is 0.0587. The molecule has 7 heteroatoms. The Morgan fingerprint density at radius 3 is 2.44 bits per heavy atom. The average molecular weight is 457 g/mol. The zero-order chi connectivity index (χ0) is 22.7. The van der Waals surface area contributed by atoms with Gasteiger partial charge in [0.25, 0.3) is 5.91 Å². The summed E-state index contributed by atoms with van der Waals surface area (Å²) in [6.07, 6.45) is 3.61. The van der Waals surface area contributed by atoms with Gasteiger partial charge in [0.15, 0.2) is 0 Å². The first-order chi connectivity index (χ1) is 15.4. The van der Waals surface area contributed by atoms with Crippen LogP contribution in [0, 0.1) is 0 Å². The van der Waals surface area contributed by atoms with Crippen molar-refractivity contribution in [2.24, 2.45) is 0 Å². The summed E-state index contributed by atoms with van der Waals surface area (Å²) in [5.74, 6) is -0.0462. The minimum Gasteiger partial charge on any atom is -0.376 e. The molecular formula is C25H32N2O4S. The number of ether oxygens (including phenoxy) is 1. The molecule has 2 fully saturated rings. The Hall–Kier alpha value is -2.22. The van der Waals surface area contributed by atoms with E-state index in [1.165, 1.54) is 0 Å². The molecule has 0 spiro atoms. The number of carbonyl (C=O) groups excluding carboxylic acids is 1. The fraction of sp³-hybridized carbons (Fsp3) is 0.480. The normalized spacial score (nSPS) is 25.5. The first-order valence-corrected chi connectivity index (χ1v) is 12.9. The summed E-state index contributed by atoms with van der Waals surface area (Å²) in [6.45, 7) is 3.64. The summed E-state index contributed by atoms with van der Waals surface area (Å²) in [5.41, 5.74) is 2.33. The van der Waals surface area contributed by atoms with E-state index in [2.05, 4.69) is 0 Å². The molecule has 0 N–H and O–H groups in total. The van der Waals surface area contributed by atoms with Crippen molar-refractivity contribution in [3.63, 3.8) is 0 Å². The first kappa shape index (κ1) is 23.0. The topological polar surface area (TPSA) is 66.9 Å². The van der Waals surface area contributed by atoms with Crippen molar-refractivity contribution >= 4 is 15.9 Å². The Morgan fingerprint density at radius 1 is 1.06 bits per heavy atom. The molecule has 2 saturated heterocycles. The van der Waals surface area contributed by atoms with Gasteiger partial charge in [0.2, 0.25) is 10.0 Å². The van der Waals surface area contributed by atoms with Crippen LogP contribution in [0.4, 0.5) is 0 Å². The van der Waals surface area contributed by atoms with E-state index in [9.17, 15) is 13.2 Å². The van der Waals surface area contributed by atoms with Gasteiger partial charge >= 0.3 is 0 Å². The highest BCUT2D eigenvalue weighted by Crippen LogP contribution is 2.38. The van der Waals surface area contributed by atoms with Gasteiger partial charge < -0.3 is 9.64 Å². The molecule has 3 atom stereocenters. The predicted octanol–water partition coefficient (Wildman–Crippen LogP) is 3.99. The molecule has 0 radical (unpaired) electrons. The monoisotopic (exact) mass is 456 g/mol. The van der Waals surface area contributed by atoms with Crippen LogP contribution in [0.2, 0.25) is 0 Å². The number of carbonyl (C=O) groups is 1. The van der Waals surface area contributed by atoms with E-state index in [1.54, 1.807) is 28.4 Å². The quantitative estimate of drug-likeness (QED) is 0.659. The van der Waals surface area contributed by atoms with Gasteiger partial charge in [-0.2, -0.15) is 4.31 Å². The van der Waals surface area contributed by atoms with E-state index in [4.69, 9.17) is 4.74 Å². The lowest BCUT2D eigenvalue weighted by atomic mass is 10.0. The maximum Gasteiger partial charge on any atom is 0.253 e. The van der Waals surface area contributed by atoms with Crippen molar-refractivity contribution in [3.8, 4) is 0 Å². The Balaban J connectivity index is 1.45. The van der Waals surface area contributed by atoms with Crippen molar-refractivity contribution in [1.29, 1.82) is 0 Å². The molecule has 6 nitrogen and oxygen atoms in total. The number of hydrogen-bond acceptors (Lipinski definition) is 4. The van der Waals surface area contributed by atoms with Gasteiger partial charge in [-0.05, 0) is 55.9 Å². The van der Waals surface area contributed by atoms with Crippen LogP contribution in [0.5, 0.6) is 0 Å². The Kier molecular flexibility index (Phi) is 6.98. The van der Waals surface area contributed by atoms with Gasteiger partial charge in [-0.1, -0.05) is 42.5 Å². The minimum atomic E-state index is -3.47. The number of benzene rings is 2. The molecule has 32 heavy (non-hydrogen) atoms. The third-order valence-electron chi connectivity index (χ3n) is 6.58. The van der Waals surface area contributed by atoms with Gasteiger partial charge in [0.1, 0.15) is 5.25 Å². The molecule has 0 aliphatic carbocycles. The molecule has 2 unspecified atom stereocenters. The van der Waals surface area contributed by atoms with E-state index >= 15 is 0 Å². The van der Waals surface area contributed by atoms with Crippen LogP contribution in [0.15, 0.2) is 54.6 Å². The molecule has 1 amide bonds. The Bertz CT molecular complexity index is 1020. The summed E-state index contributed by atoms with van der Waals surface area (Å²) in [5, 5.41) is -0.507. The van der Waals surface area contributed by atoms with Crippen LogP contribution in [0.3, 0.4) is 0 Å². The smallest absolute Gasteiger partial charge is 0.253 e. The highest BCUT2D eigenvalue weighted by atomic mass is 32.2. The first-order valence-electron chi connectivity index (χ1n) is 11.4. The second kappa shape index (κ2) is 9.73. The van der Waals surface area contributed by atoms with Crippen LogP contribution >= 0.6 is 0 Å². The predicted molar refractivity (Wildman–Crippen MR) is 125 cm³/mol. The fourth-order valence-corrected chi connectivity index (χ4v) is 6.88. The van der Waals surface area contributed by atoms with Crippen molar-refractivity contribution in [2.45, 2.75) is 56.5 Å². The highest BCUT2D eigenvalue weighted by molar-refractivity contribution is 7.89. The highest BCUT2D eigenvalue weighted by Gasteiger charge is 2.40. The Morgan fingerprint density at radius 2 is 1.78 bits per heavy atom. The van der Waals surface area contributed by atoms with E-state index in [1.807, 2.05) is 49.4 Å². The molecule has 0 saturated carbocycles. The molecular weight excluding hydrogens is 424 g/mol. The summed E-state index contributed by atoms with van der Waals surface area (Å²) in [7, 11) is -1.68. The van der Waals surface area contributed by atoms with Crippen molar-refractivity contribution in [2.75, 3.05) is 20.2 Å². The molecule has 2 aromatic rings. The number of rotatable bonds is 6. The second-order valence-electron chi connectivity index (χ2n) is 8.93. The molecule has 2 aromatic carbocycles. The zero-order valence-electron chi connectivity index (χ0n) is 18.8. The van der Waals surface area contributed by atoms with Gasteiger partial charge in [-0.15, -0.1) is 0 Å². The Labute approximate surface area is 191 Å². The molecule has 2 aliphatic heterocycles. The number of amides is 1. The third-order valence-corrected chi connectivity index (χ3v) is 8.95. The van der Waals surface area contributed by atoms with Crippen molar-refractivity contribution in [1.82, 2.24) is 9.21 Å². The number of sulfonamides is 1. The lowest BCUT2D eigenvalue weighted by Gasteiger charge is -2.37. The van der Waals surface area contributed by atoms with Crippen LogP contribution in [0.25, 0.3) is 0 Å². The molecule has 0 aromatic heterocycles. The van der Waals surface area contributed by atoms with Crippen molar-refractivity contribution < 1.29 is 17.9 Å². The number of likely N-dealkylation sites (N-methyl/N-ethyl adjacent to an activating group) is 1. The van der Waals surface area contributed by atoms with Crippen LogP contribution < -0.4 is 0 Å². The molecule has 172 valence electrons. The van der Waals surface area contributed by atoms with E-state index in [-0.39, 0.29) is 18.1 Å². The standard InChI is InChI=1S/C25H32N2O4S/c1-19-10-15-24(21-7-4-3-5-8-21)32(29,30)27(19)17-20-11-13-22(14-12-20)25(28)26(2)18-23-9-6-16-31-23/h3-5,7-8,11-14,19,23-24H,6,9-10,15-18H2,1-2H3/t19-,23?,24?/m0/s1. The maximum atomic E-state index is 13.4. The van der Waals surface area contributed by atoms with Gasteiger partial charge in [-0.3, -0.25) is 4.79 Å². The minimum absolute atomic E-state index is 0.0462. The lowest BCUT2D eigenvalue weighted by Crippen LogP contribution is -2.44. The molecule has 4 rings (SSSR count). The third kappa shape index (κ3) is 4.90. The van der Waals surface area contributed by atoms with Crippen LogP contribution in [-0.4, -0.2) is 55.9 Å². The molecule has 2 heterocycles. The largest absolute Gasteiger partial charge is 0.376 e. The van der Waals surface area contributed by atoms with E-state index in [0.717, 1.165) is 37.0 Å². The zero-order valence-corrected chi connectivity index (χ0v) is 19.6. The molecule has 0 bridgehead atoms. The number of hydrogen-bond donors (Lipinski definition) is 0. The van der Waals surface area contributed by atoms with Crippen molar-refractivity contribution in [3.05, 3.63) is 71.3 Å². The van der Waals surface area contributed by atoms with E-state index < -0.39 is 15.3 Å². The fourth-order valence-electron chi connectivity index (χ4n) is 4.68.